The van der Waals surface area contributed by atoms with Crippen molar-refractivity contribution in [1.29, 1.82) is 0 Å². The summed E-state index contributed by atoms with van der Waals surface area (Å²) in [6.07, 6.45) is 15.8. The smallest absolute Gasteiger partial charge is 0.141 e. The van der Waals surface area contributed by atoms with E-state index in [4.69, 9.17) is 0 Å². The fourth-order valence-corrected chi connectivity index (χ4v) is 2.57. The molecule has 0 N–H and O–H groups in total. The minimum absolute atomic E-state index is 0.157. The first-order chi connectivity index (χ1) is 15.5. The van der Waals surface area contributed by atoms with Gasteiger partial charge in [-0.1, -0.05) is 45.1 Å². The van der Waals surface area contributed by atoms with E-state index in [0.29, 0.717) is 6.42 Å². The number of benzene rings is 1. The lowest BCUT2D eigenvalue weighted by atomic mass is 10.1. The zero-order valence-electron chi connectivity index (χ0n) is 20.2. The lowest BCUT2D eigenvalue weighted by Gasteiger charge is -2.20. The van der Waals surface area contributed by atoms with E-state index in [9.17, 15) is 9.18 Å². The van der Waals surface area contributed by atoms with Crippen LogP contribution in [0.4, 0.5) is 4.39 Å². The van der Waals surface area contributed by atoms with Gasteiger partial charge in [0.2, 0.25) is 0 Å². The molecule has 5 nitrogen and oxygen atoms in total. The van der Waals surface area contributed by atoms with Crippen molar-refractivity contribution in [3.8, 4) is 0 Å². The van der Waals surface area contributed by atoms with Gasteiger partial charge in [0, 0.05) is 30.7 Å². The SMILES string of the molecule is CCCN(C)CC.C\C=C/N=C/C=C/C=N/N(CC=O)/C(=C\CC)Cc1ccc(F)cc1. The lowest BCUT2D eigenvalue weighted by molar-refractivity contribution is -0.108. The molecule has 0 aliphatic rings. The molecule has 0 saturated heterocycles. The third kappa shape index (κ3) is 15.0. The molecule has 1 aromatic rings. The summed E-state index contributed by atoms with van der Waals surface area (Å²) in [4.78, 5) is 17.3. The predicted molar refractivity (Wildman–Crippen MR) is 136 cm³/mol. The number of halogens is 1. The molecule has 0 aliphatic carbocycles. The van der Waals surface area contributed by atoms with Crippen LogP contribution in [0.3, 0.4) is 0 Å². The van der Waals surface area contributed by atoms with Crippen LogP contribution in [0.1, 0.15) is 46.1 Å². The summed E-state index contributed by atoms with van der Waals surface area (Å²) in [6, 6.07) is 6.33. The molecule has 0 spiro atoms. The highest BCUT2D eigenvalue weighted by molar-refractivity contribution is 5.81. The Labute approximate surface area is 193 Å². The van der Waals surface area contributed by atoms with E-state index in [1.165, 1.54) is 31.6 Å². The largest absolute Gasteiger partial charge is 0.307 e. The van der Waals surface area contributed by atoms with E-state index in [0.717, 1.165) is 24.0 Å². The van der Waals surface area contributed by atoms with Gasteiger partial charge >= 0.3 is 0 Å². The highest BCUT2D eigenvalue weighted by Crippen LogP contribution is 2.14. The number of nitrogens with zero attached hydrogens (tertiary/aromatic N) is 4. The van der Waals surface area contributed by atoms with Crippen LogP contribution in [0.25, 0.3) is 0 Å². The number of hydrogen-bond donors (Lipinski definition) is 0. The number of hydrogen-bond acceptors (Lipinski definition) is 5. The van der Waals surface area contributed by atoms with Gasteiger partial charge < -0.3 is 9.69 Å². The summed E-state index contributed by atoms with van der Waals surface area (Å²) in [7, 11) is 2.14. The average molecular weight is 443 g/mol. The Morgan fingerprint density at radius 3 is 2.31 bits per heavy atom. The van der Waals surface area contributed by atoms with E-state index in [1.807, 2.05) is 26.0 Å². The van der Waals surface area contributed by atoms with Crippen LogP contribution in [0.15, 0.2) is 70.6 Å². The van der Waals surface area contributed by atoms with E-state index < -0.39 is 0 Å². The molecule has 0 aromatic heterocycles. The van der Waals surface area contributed by atoms with Crippen molar-refractivity contribution in [1.82, 2.24) is 9.91 Å². The number of rotatable bonds is 13. The van der Waals surface area contributed by atoms with Gasteiger partial charge in [0.05, 0.1) is 6.54 Å². The Morgan fingerprint density at radius 2 is 1.78 bits per heavy atom. The van der Waals surface area contributed by atoms with Crippen LogP contribution in [0, 0.1) is 5.82 Å². The Morgan fingerprint density at radius 1 is 1.09 bits per heavy atom. The highest BCUT2D eigenvalue weighted by Gasteiger charge is 2.08. The number of aldehydes is 1. The van der Waals surface area contributed by atoms with E-state index >= 15 is 0 Å². The fourth-order valence-electron chi connectivity index (χ4n) is 2.57. The molecule has 0 bridgehead atoms. The maximum absolute atomic E-state index is 13.1. The van der Waals surface area contributed by atoms with Gasteiger partial charge in [-0.3, -0.25) is 10.0 Å². The molecule has 0 unspecified atom stereocenters. The van der Waals surface area contributed by atoms with Crippen LogP contribution >= 0.6 is 0 Å². The van der Waals surface area contributed by atoms with Crippen LogP contribution in [0.2, 0.25) is 0 Å². The maximum atomic E-state index is 13.1. The lowest BCUT2D eigenvalue weighted by Crippen LogP contribution is -2.21. The zero-order valence-corrected chi connectivity index (χ0v) is 20.2. The van der Waals surface area contributed by atoms with E-state index in [1.54, 1.807) is 47.9 Å². The molecule has 6 heteroatoms. The van der Waals surface area contributed by atoms with Crippen molar-refractivity contribution in [2.24, 2.45) is 10.1 Å². The molecule has 32 heavy (non-hydrogen) atoms. The fraction of sp³-hybridized carbons (Fsp3) is 0.423. The van der Waals surface area contributed by atoms with Crippen molar-refractivity contribution in [2.45, 2.75) is 47.0 Å². The van der Waals surface area contributed by atoms with Crippen LogP contribution in [-0.2, 0) is 11.2 Å². The number of carbonyl (C=O) groups excluding carboxylic acids is 1. The Hall–Kier alpha value is -2.86. The second kappa shape index (κ2) is 20.1. The predicted octanol–water partition coefficient (Wildman–Crippen LogP) is 5.66. The Bertz CT molecular complexity index is 752. The van der Waals surface area contributed by atoms with Gasteiger partial charge in [-0.25, -0.2) is 4.39 Å². The van der Waals surface area contributed by atoms with Gasteiger partial charge in [-0.05, 0) is 69.8 Å². The van der Waals surface area contributed by atoms with E-state index in [-0.39, 0.29) is 12.4 Å². The third-order valence-corrected chi connectivity index (χ3v) is 4.27. The molecule has 0 aliphatic heterocycles. The maximum Gasteiger partial charge on any atom is 0.141 e. The number of aliphatic imine (C=N–C) groups is 1. The second-order valence-corrected chi connectivity index (χ2v) is 6.98. The standard InChI is InChI=1S/C20H24FN3O.C6H15N/c1-3-7-20(17-18-8-10-19(21)11-9-18)24(15-16-25)23-14-6-5-13-22-12-4-2;1-4-6-7(3)5-2/h4-14,16H,3,15,17H2,1-2H3;4-6H2,1-3H3/b6-5+,12-4-,20-7-,22-13+,23-14+;. The summed E-state index contributed by atoms with van der Waals surface area (Å²) < 4.78 is 13.1. The van der Waals surface area contributed by atoms with Gasteiger partial charge in [0.1, 0.15) is 12.1 Å². The third-order valence-electron chi connectivity index (χ3n) is 4.27. The molecule has 0 radical (unpaired) electrons. The topological polar surface area (TPSA) is 48.3 Å². The number of carbonyl (C=O) groups is 1. The molecule has 1 aromatic carbocycles. The highest BCUT2D eigenvalue weighted by atomic mass is 19.1. The van der Waals surface area contributed by atoms with Gasteiger partial charge in [0.25, 0.3) is 0 Å². The molecule has 0 amide bonds. The van der Waals surface area contributed by atoms with Gasteiger partial charge in [-0.2, -0.15) is 5.10 Å². The molecular weight excluding hydrogens is 403 g/mol. The summed E-state index contributed by atoms with van der Waals surface area (Å²) in [6.45, 7) is 10.9. The minimum Gasteiger partial charge on any atom is -0.307 e. The Balaban J connectivity index is 0.00000118. The Kier molecular flexibility index (Phi) is 18.3. The number of hydrazone groups is 1. The monoisotopic (exact) mass is 442 g/mol. The van der Waals surface area contributed by atoms with Crippen LogP contribution in [0.5, 0.6) is 0 Å². The number of allylic oxidation sites excluding steroid dienone is 5. The first-order valence-corrected chi connectivity index (χ1v) is 11.2. The van der Waals surface area contributed by atoms with Gasteiger partial charge in [-0.15, -0.1) is 0 Å². The molecular formula is C26H39FN4O. The van der Waals surface area contributed by atoms with Crippen LogP contribution < -0.4 is 0 Å². The molecule has 0 fully saturated rings. The summed E-state index contributed by atoms with van der Waals surface area (Å²) in [5.41, 5.74) is 1.86. The summed E-state index contributed by atoms with van der Waals surface area (Å²) in [5, 5.41) is 5.98. The molecule has 1 rings (SSSR count). The van der Waals surface area contributed by atoms with Gasteiger partial charge in [0.15, 0.2) is 0 Å². The van der Waals surface area contributed by atoms with Crippen LogP contribution in [-0.4, -0.2) is 55.3 Å². The molecule has 0 heterocycles. The van der Waals surface area contributed by atoms with Crippen molar-refractivity contribution in [2.75, 3.05) is 26.7 Å². The quantitative estimate of drug-likeness (QED) is 0.225. The second-order valence-electron chi connectivity index (χ2n) is 6.98. The van der Waals surface area contributed by atoms with Crippen molar-refractivity contribution >= 4 is 18.7 Å². The van der Waals surface area contributed by atoms with E-state index in [2.05, 4.69) is 35.9 Å². The average Bonchev–Trinajstić information content (AvgIpc) is 2.79. The molecule has 176 valence electrons. The normalized spacial score (nSPS) is 12.3. The minimum atomic E-state index is -0.266. The first-order valence-electron chi connectivity index (χ1n) is 11.2. The first kappa shape index (κ1) is 29.1. The molecule has 0 atom stereocenters. The summed E-state index contributed by atoms with van der Waals surface area (Å²) >= 11 is 0. The molecule has 0 saturated carbocycles. The van der Waals surface area contributed by atoms with Crippen molar-refractivity contribution in [3.05, 3.63) is 71.8 Å². The van der Waals surface area contributed by atoms with Crippen molar-refractivity contribution in [3.63, 3.8) is 0 Å². The summed E-state index contributed by atoms with van der Waals surface area (Å²) in [5.74, 6) is -0.266. The van der Waals surface area contributed by atoms with Crippen molar-refractivity contribution < 1.29 is 9.18 Å². The zero-order chi connectivity index (χ0) is 24.0.